The highest BCUT2D eigenvalue weighted by atomic mass is 16.5. The van der Waals surface area contributed by atoms with Crippen LogP contribution in [0, 0.1) is 0 Å². The lowest BCUT2D eigenvalue weighted by molar-refractivity contribution is -0.137. The molecule has 0 aliphatic rings. The third-order valence-corrected chi connectivity index (χ3v) is 3.01. The maximum absolute atomic E-state index is 11.9. The lowest BCUT2D eigenvalue weighted by Crippen LogP contribution is -2.22. The zero-order valence-electron chi connectivity index (χ0n) is 11.5. The molecule has 3 nitrogen and oxygen atoms in total. The van der Waals surface area contributed by atoms with Crippen molar-refractivity contribution >= 4 is 5.97 Å². The fourth-order valence-electron chi connectivity index (χ4n) is 1.96. The summed E-state index contributed by atoms with van der Waals surface area (Å²) in [6.07, 6.45) is 0.759. The second-order valence-electron chi connectivity index (χ2n) is 4.54. The Hall–Kier alpha value is -2.13. The molecule has 0 aromatic heterocycles. The number of methoxy groups -OCH3 is 1. The number of ether oxygens (including phenoxy) is 2. The minimum absolute atomic E-state index is 0.173. The molecule has 3 heteroatoms. The molecule has 0 bridgehead atoms. The Morgan fingerprint density at radius 2 is 1.60 bits per heavy atom. The summed E-state index contributed by atoms with van der Waals surface area (Å²) in [5, 5.41) is 0. The van der Waals surface area contributed by atoms with Gasteiger partial charge in [-0.2, -0.15) is 0 Å². The third kappa shape index (κ3) is 4.52. The van der Waals surface area contributed by atoms with Crippen LogP contribution in [0.3, 0.4) is 0 Å². The van der Waals surface area contributed by atoms with E-state index in [4.69, 9.17) is 9.47 Å². The Balaban J connectivity index is 1.88. The molecule has 1 unspecified atom stereocenters. The van der Waals surface area contributed by atoms with Gasteiger partial charge in [0.25, 0.3) is 0 Å². The lowest BCUT2D eigenvalue weighted by atomic mass is 10.1. The molecule has 0 amide bonds. The average molecular weight is 270 g/mol. The molecule has 0 fully saturated rings. The Morgan fingerprint density at radius 3 is 2.20 bits per heavy atom. The number of carbonyl (C=O) groups excluding carboxylic acids is 1. The molecule has 0 aliphatic carbocycles. The van der Waals surface area contributed by atoms with Crippen molar-refractivity contribution in [3.05, 3.63) is 66.2 Å². The molecule has 0 heterocycles. The van der Waals surface area contributed by atoms with E-state index in [2.05, 4.69) is 0 Å². The molecule has 0 aliphatic heterocycles. The molecule has 0 spiro atoms. The van der Waals surface area contributed by atoms with E-state index in [0.29, 0.717) is 12.2 Å². The van der Waals surface area contributed by atoms with Gasteiger partial charge in [0.1, 0.15) is 5.75 Å². The molecule has 2 aromatic carbocycles. The predicted molar refractivity (Wildman–Crippen MR) is 77.6 cm³/mol. The molecular formula is C17H18O3. The molecule has 0 radical (unpaired) electrons. The number of para-hydroxylation sites is 1. The van der Waals surface area contributed by atoms with Crippen molar-refractivity contribution in [1.29, 1.82) is 0 Å². The minimum Gasteiger partial charge on any atom is -0.426 e. The summed E-state index contributed by atoms with van der Waals surface area (Å²) in [4.78, 5) is 11.9. The van der Waals surface area contributed by atoms with Gasteiger partial charge in [-0.05, 0) is 24.1 Å². The van der Waals surface area contributed by atoms with Gasteiger partial charge in [0, 0.05) is 7.11 Å². The Bertz CT molecular complexity index is 522. The molecule has 20 heavy (non-hydrogen) atoms. The van der Waals surface area contributed by atoms with Crippen molar-refractivity contribution < 1.29 is 14.3 Å². The predicted octanol–water partition coefficient (Wildman–Crippen LogP) is 3.24. The zero-order chi connectivity index (χ0) is 14.2. The van der Waals surface area contributed by atoms with Crippen molar-refractivity contribution in [2.75, 3.05) is 7.11 Å². The number of hydrogen-bond donors (Lipinski definition) is 0. The first-order valence-electron chi connectivity index (χ1n) is 6.60. The van der Waals surface area contributed by atoms with Gasteiger partial charge in [-0.25, -0.2) is 0 Å². The number of hydrogen-bond acceptors (Lipinski definition) is 3. The Labute approximate surface area is 119 Å². The quantitative estimate of drug-likeness (QED) is 0.597. The second-order valence-corrected chi connectivity index (χ2v) is 4.54. The van der Waals surface area contributed by atoms with E-state index in [1.165, 1.54) is 0 Å². The van der Waals surface area contributed by atoms with E-state index >= 15 is 0 Å². The maximum Gasteiger partial charge on any atom is 0.313 e. The van der Waals surface area contributed by atoms with Crippen molar-refractivity contribution in [2.45, 2.75) is 18.9 Å². The fourth-order valence-corrected chi connectivity index (χ4v) is 1.96. The first-order valence-corrected chi connectivity index (χ1v) is 6.60. The van der Waals surface area contributed by atoms with E-state index in [1.807, 2.05) is 48.5 Å². The van der Waals surface area contributed by atoms with Crippen LogP contribution in [0.1, 0.15) is 12.0 Å². The highest BCUT2D eigenvalue weighted by molar-refractivity contribution is 5.72. The van der Waals surface area contributed by atoms with Crippen LogP contribution in [0.2, 0.25) is 0 Å². The van der Waals surface area contributed by atoms with Crippen LogP contribution in [0.25, 0.3) is 0 Å². The molecule has 104 valence electrons. The van der Waals surface area contributed by atoms with Crippen LogP contribution < -0.4 is 4.74 Å². The average Bonchev–Trinajstić information content (AvgIpc) is 2.48. The minimum atomic E-state index is -0.279. The summed E-state index contributed by atoms with van der Waals surface area (Å²) < 4.78 is 10.6. The van der Waals surface area contributed by atoms with E-state index in [-0.39, 0.29) is 18.5 Å². The summed E-state index contributed by atoms with van der Waals surface area (Å²) in [7, 11) is 1.61. The summed E-state index contributed by atoms with van der Waals surface area (Å²) in [6, 6.07) is 19.0. The van der Waals surface area contributed by atoms with Crippen LogP contribution in [-0.4, -0.2) is 19.2 Å². The molecule has 1 atom stereocenters. The number of benzene rings is 2. The van der Waals surface area contributed by atoms with Gasteiger partial charge in [-0.3, -0.25) is 4.79 Å². The van der Waals surface area contributed by atoms with Crippen molar-refractivity contribution in [1.82, 2.24) is 0 Å². The zero-order valence-corrected chi connectivity index (χ0v) is 11.5. The standard InChI is InChI=1S/C17H18O3/c1-19-16(12-14-8-4-2-5-9-14)13-17(18)20-15-10-6-3-7-11-15/h2-11,16H,12-13H2,1H3. The third-order valence-electron chi connectivity index (χ3n) is 3.01. The first kappa shape index (κ1) is 14.3. The molecule has 2 rings (SSSR count). The summed E-state index contributed by atoms with van der Waals surface area (Å²) in [5.74, 6) is 0.283. The molecule has 2 aromatic rings. The van der Waals surface area contributed by atoms with Crippen molar-refractivity contribution in [3.63, 3.8) is 0 Å². The SMILES string of the molecule is COC(CC(=O)Oc1ccccc1)Cc1ccccc1. The van der Waals surface area contributed by atoms with E-state index < -0.39 is 0 Å². The molecule has 0 saturated carbocycles. The lowest BCUT2D eigenvalue weighted by Gasteiger charge is -2.14. The van der Waals surface area contributed by atoms with Gasteiger partial charge in [-0.15, -0.1) is 0 Å². The largest absolute Gasteiger partial charge is 0.426 e. The van der Waals surface area contributed by atoms with Crippen molar-refractivity contribution in [3.8, 4) is 5.75 Å². The first-order chi connectivity index (χ1) is 9.78. The van der Waals surface area contributed by atoms with Crippen LogP contribution in [-0.2, 0) is 16.0 Å². The topological polar surface area (TPSA) is 35.5 Å². The van der Waals surface area contributed by atoms with E-state index in [9.17, 15) is 4.79 Å². The van der Waals surface area contributed by atoms with Gasteiger partial charge < -0.3 is 9.47 Å². The fraction of sp³-hybridized carbons (Fsp3) is 0.235. The summed E-state index contributed by atoms with van der Waals surface area (Å²) >= 11 is 0. The number of esters is 1. The summed E-state index contributed by atoms with van der Waals surface area (Å²) in [5.41, 5.74) is 1.15. The van der Waals surface area contributed by atoms with E-state index in [1.54, 1.807) is 19.2 Å². The van der Waals surface area contributed by atoms with Crippen LogP contribution >= 0.6 is 0 Å². The van der Waals surface area contributed by atoms with Gasteiger partial charge in [-0.1, -0.05) is 48.5 Å². The van der Waals surface area contributed by atoms with Gasteiger partial charge in [0.2, 0.25) is 0 Å². The number of carbonyl (C=O) groups is 1. The van der Waals surface area contributed by atoms with Crippen LogP contribution in [0.4, 0.5) is 0 Å². The van der Waals surface area contributed by atoms with Crippen molar-refractivity contribution in [2.24, 2.45) is 0 Å². The van der Waals surface area contributed by atoms with Crippen LogP contribution in [0.15, 0.2) is 60.7 Å². The second kappa shape index (κ2) is 7.46. The monoisotopic (exact) mass is 270 g/mol. The normalized spacial score (nSPS) is 11.8. The molecule has 0 N–H and O–H groups in total. The van der Waals surface area contributed by atoms with Gasteiger partial charge in [0.05, 0.1) is 12.5 Å². The van der Waals surface area contributed by atoms with Gasteiger partial charge in [0.15, 0.2) is 0 Å². The molecular weight excluding hydrogens is 252 g/mol. The highest BCUT2D eigenvalue weighted by Gasteiger charge is 2.15. The van der Waals surface area contributed by atoms with E-state index in [0.717, 1.165) is 5.56 Å². The Kier molecular flexibility index (Phi) is 5.33. The number of rotatable bonds is 6. The molecule has 0 saturated heterocycles. The maximum atomic E-state index is 11.9. The summed E-state index contributed by atoms with van der Waals surface area (Å²) in [6.45, 7) is 0. The van der Waals surface area contributed by atoms with Gasteiger partial charge >= 0.3 is 5.97 Å². The smallest absolute Gasteiger partial charge is 0.313 e. The Morgan fingerprint density at radius 1 is 1.00 bits per heavy atom. The van der Waals surface area contributed by atoms with Crippen LogP contribution in [0.5, 0.6) is 5.75 Å². The highest BCUT2D eigenvalue weighted by Crippen LogP contribution is 2.13.